The molecule has 0 heterocycles. The van der Waals surface area contributed by atoms with Crippen molar-refractivity contribution in [3.63, 3.8) is 0 Å². The molecule has 0 saturated heterocycles. The molecule has 0 fully saturated rings. The molecular formula is C23H19NO4. The van der Waals surface area contributed by atoms with Crippen LogP contribution in [0.4, 0.5) is 5.69 Å². The zero-order chi connectivity index (χ0) is 19.7. The third-order valence-electron chi connectivity index (χ3n) is 4.99. The maximum atomic E-state index is 10.9. The summed E-state index contributed by atoms with van der Waals surface area (Å²) in [5.74, 6) is 1.63. The summed E-state index contributed by atoms with van der Waals surface area (Å²) >= 11 is 0. The first-order valence-corrected chi connectivity index (χ1v) is 8.91. The standard InChI is InChI=1S/C23H19NO4/c1-27-22-18-7-3-4-8-19(18)23(28-2)21-16(6-5-9-20(21)22)14-15-10-12-17(13-11-15)24(25)26/h3-13H,14H2,1-2H3. The maximum absolute atomic E-state index is 10.9. The number of nitrogens with zero attached hydrogens (tertiary/aromatic N) is 1. The minimum atomic E-state index is -0.387. The fraction of sp³-hybridized carbons (Fsp3) is 0.130. The number of methoxy groups -OCH3 is 2. The number of hydrogen-bond acceptors (Lipinski definition) is 4. The van der Waals surface area contributed by atoms with Crippen LogP contribution in [0.15, 0.2) is 66.7 Å². The van der Waals surface area contributed by atoms with Crippen LogP contribution in [0.1, 0.15) is 11.1 Å². The summed E-state index contributed by atoms with van der Waals surface area (Å²) in [6, 6.07) is 20.8. The summed E-state index contributed by atoms with van der Waals surface area (Å²) in [5.41, 5.74) is 2.16. The van der Waals surface area contributed by atoms with Crippen molar-refractivity contribution in [3.05, 3.63) is 88.0 Å². The van der Waals surface area contributed by atoms with E-state index in [-0.39, 0.29) is 10.6 Å². The van der Waals surface area contributed by atoms with Crippen LogP contribution < -0.4 is 9.47 Å². The summed E-state index contributed by atoms with van der Waals surface area (Å²) in [7, 11) is 3.35. The number of nitro groups is 1. The summed E-state index contributed by atoms with van der Waals surface area (Å²) in [5, 5.41) is 14.9. The molecule has 5 heteroatoms. The molecule has 0 aliphatic heterocycles. The number of rotatable bonds is 5. The Hall–Kier alpha value is -3.60. The van der Waals surface area contributed by atoms with Crippen LogP contribution in [-0.2, 0) is 6.42 Å². The minimum Gasteiger partial charge on any atom is -0.495 e. The van der Waals surface area contributed by atoms with E-state index in [9.17, 15) is 10.1 Å². The first kappa shape index (κ1) is 17.8. The zero-order valence-electron chi connectivity index (χ0n) is 15.6. The van der Waals surface area contributed by atoms with E-state index in [4.69, 9.17) is 9.47 Å². The first-order valence-electron chi connectivity index (χ1n) is 8.91. The highest BCUT2D eigenvalue weighted by Gasteiger charge is 2.17. The Morgan fingerprint density at radius 2 is 1.39 bits per heavy atom. The molecule has 28 heavy (non-hydrogen) atoms. The summed E-state index contributed by atoms with van der Waals surface area (Å²) in [4.78, 5) is 10.5. The average molecular weight is 373 g/mol. The van der Waals surface area contributed by atoms with Crippen LogP contribution in [0.25, 0.3) is 21.5 Å². The van der Waals surface area contributed by atoms with Crippen molar-refractivity contribution in [1.29, 1.82) is 0 Å². The van der Waals surface area contributed by atoms with E-state index in [2.05, 4.69) is 6.07 Å². The Labute approximate surface area is 162 Å². The normalized spacial score (nSPS) is 10.9. The van der Waals surface area contributed by atoms with Gasteiger partial charge in [0.05, 0.1) is 19.1 Å². The number of nitro benzene ring substituents is 1. The molecule has 0 N–H and O–H groups in total. The topological polar surface area (TPSA) is 61.6 Å². The number of benzene rings is 4. The van der Waals surface area contributed by atoms with Gasteiger partial charge in [-0.3, -0.25) is 10.1 Å². The maximum Gasteiger partial charge on any atom is 0.269 e. The molecule has 0 aliphatic carbocycles. The second-order valence-corrected chi connectivity index (χ2v) is 6.55. The van der Waals surface area contributed by atoms with Gasteiger partial charge >= 0.3 is 0 Å². The lowest BCUT2D eigenvalue weighted by Gasteiger charge is -2.17. The van der Waals surface area contributed by atoms with E-state index in [1.165, 1.54) is 12.1 Å². The molecular weight excluding hydrogens is 354 g/mol. The Bertz CT molecular complexity index is 1180. The Kier molecular flexibility index (Phi) is 4.57. The molecule has 0 spiro atoms. The van der Waals surface area contributed by atoms with E-state index in [0.29, 0.717) is 6.42 Å². The molecule has 4 aromatic rings. The van der Waals surface area contributed by atoms with Gasteiger partial charge in [0, 0.05) is 33.7 Å². The smallest absolute Gasteiger partial charge is 0.269 e. The molecule has 5 nitrogen and oxygen atoms in total. The van der Waals surface area contributed by atoms with Crippen molar-refractivity contribution in [2.45, 2.75) is 6.42 Å². The van der Waals surface area contributed by atoms with Gasteiger partial charge in [-0.1, -0.05) is 54.6 Å². The minimum absolute atomic E-state index is 0.0897. The van der Waals surface area contributed by atoms with E-state index >= 15 is 0 Å². The van der Waals surface area contributed by atoms with E-state index < -0.39 is 0 Å². The SMILES string of the molecule is COc1c2ccccc2c(OC)c2c(Cc3ccc([N+](=O)[O-])cc3)cccc12. The van der Waals surface area contributed by atoms with Crippen molar-refractivity contribution in [2.24, 2.45) is 0 Å². The van der Waals surface area contributed by atoms with Crippen LogP contribution in [0.2, 0.25) is 0 Å². The predicted molar refractivity (Wildman–Crippen MR) is 110 cm³/mol. The van der Waals surface area contributed by atoms with Crippen molar-refractivity contribution in [2.75, 3.05) is 14.2 Å². The van der Waals surface area contributed by atoms with Crippen LogP contribution in [0.3, 0.4) is 0 Å². The van der Waals surface area contributed by atoms with Gasteiger partial charge < -0.3 is 9.47 Å². The van der Waals surface area contributed by atoms with E-state index in [1.807, 2.05) is 36.4 Å². The fourth-order valence-corrected chi connectivity index (χ4v) is 3.75. The number of hydrogen-bond donors (Lipinski definition) is 0. The molecule has 0 unspecified atom stereocenters. The molecule has 4 rings (SSSR count). The van der Waals surface area contributed by atoms with Gasteiger partial charge in [-0.2, -0.15) is 0 Å². The van der Waals surface area contributed by atoms with Crippen molar-refractivity contribution in [3.8, 4) is 11.5 Å². The lowest BCUT2D eigenvalue weighted by molar-refractivity contribution is -0.384. The van der Waals surface area contributed by atoms with Crippen LogP contribution >= 0.6 is 0 Å². The van der Waals surface area contributed by atoms with Crippen LogP contribution in [-0.4, -0.2) is 19.1 Å². The highest BCUT2D eigenvalue weighted by atomic mass is 16.6. The quantitative estimate of drug-likeness (QED) is 0.263. The van der Waals surface area contributed by atoms with Gasteiger partial charge in [-0.05, 0) is 17.5 Å². The van der Waals surface area contributed by atoms with Crippen molar-refractivity contribution in [1.82, 2.24) is 0 Å². The van der Waals surface area contributed by atoms with Crippen LogP contribution in [0, 0.1) is 10.1 Å². The lowest BCUT2D eigenvalue weighted by Crippen LogP contribution is -1.97. The molecule has 0 saturated carbocycles. The van der Waals surface area contributed by atoms with Gasteiger partial charge in [0.2, 0.25) is 0 Å². The Balaban J connectivity index is 1.94. The second-order valence-electron chi connectivity index (χ2n) is 6.55. The highest BCUT2D eigenvalue weighted by Crippen LogP contribution is 2.44. The Morgan fingerprint density at radius 3 is 2.00 bits per heavy atom. The van der Waals surface area contributed by atoms with Crippen molar-refractivity contribution >= 4 is 27.2 Å². The fourth-order valence-electron chi connectivity index (χ4n) is 3.75. The van der Waals surface area contributed by atoms with Gasteiger partial charge in [0.25, 0.3) is 5.69 Å². The van der Waals surface area contributed by atoms with Gasteiger partial charge in [-0.25, -0.2) is 0 Å². The first-order chi connectivity index (χ1) is 13.6. The van der Waals surface area contributed by atoms with Gasteiger partial charge in [0.1, 0.15) is 11.5 Å². The molecule has 4 aromatic carbocycles. The Morgan fingerprint density at radius 1 is 0.786 bits per heavy atom. The number of non-ortho nitro benzene ring substituents is 1. The van der Waals surface area contributed by atoms with E-state index in [0.717, 1.165) is 44.2 Å². The van der Waals surface area contributed by atoms with Crippen molar-refractivity contribution < 1.29 is 14.4 Å². The number of ether oxygens (including phenoxy) is 2. The second kappa shape index (κ2) is 7.19. The summed E-state index contributed by atoms with van der Waals surface area (Å²) in [6.45, 7) is 0. The van der Waals surface area contributed by atoms with Gasteiger partial charge in [-0.15, -0.1) is 0 Å². The monoisotopic (exact) mass is 373 g/mol. The molecule has 0 aromatic heterocycles. The summed E-state index contributed by atoms with van der Waals surface area (Å²) < 4.78 is 11.6. The largest absolute Gasteiger partial charge is 0.495 e. The third kappa shape index (κ3) is 2.91. The molecule has 0 atom stereocenters. The predicted octanol–water partition coefficient (Wildman–Crippen LogP) is 5.51. The number of fused-ring (bicyclic) bond motifs is 2. The molecule has 0 aliphatic rings. The zero-order valence-corrected chi connectivity index (χ0v) is 15.6. The third-order valence-corrected chi connectivity index (χ3v) is 4.99. The average Bonchev–Trinajstić information content (AvgIpc) is 2.72. The summed E-state index contributed by atoms with van der Waals surface area (Å²) in [6.07, 6.45) is 0.632. The molecule has 140 valence electrons. The lowest BCUT2D eigenvalue weighted by atomic mass is 9.94. The van der Waals surface area contributed by atoms with E-state index in [1.54, 1.807) is 26.4 Å². The molecule has 0 bridgehead atoms. The molecule has 0 amide bonds. The molecule has 0 radical (unpaired) electrons. The van der Waals surface area contributed by atoms with Gasteiger partial charge in [0.15, 0.2) is 0 Å². The highest BCUT2D eigenvalue weighted by molar-refractivity contribution is 6.12. The van der Waals surface area contributed by atoms with Crippen LogP contribution in [0.5, 0.6) is 11.5 Å².